The lowest BCUT2D eigenvalue weighted by Gasteiger charge is -2.10. The number of carbonyl (C=O) groups is 1. The Morgan fingerprint density at radius 1 is 1.12 bits per heavy atom. The van der Waals surface area contributed by atoms with Gasteiger partial charge in [-0.1, -0.05) is 12.1 Å². The molecule has 1 aromatic heterocycles. The number of carbonyl (C=O) groups excluding carboxylic acids is 1. The second-order valence-corrected chi connectivity index (χ2v) is 8.05. The molecule has 0 aliphatic heterocycles. The fourth-order valence-electron chi connectivity index (χ4n) is 2.57. The molecule has 0 aliphatic carbocycles. The van der Waals surface area contributed by atoms with Crippen LogP contribution in [0.15, 0.2) is 58.0 Å². The van der Waals surface area contributed by atoms with Crippen LogP contribution in [0.2, 0.25) is 0 Å². The van der Waals surface area contributed by atoms with Gasteiger partial charge in [0.25, 0.3) is 5.91 Å². The minimum atomic E-state index is -3.31. The molecule has 0 radical (unpaired) electrons. The van der Waals surface area contributed by atoms with Crippen LogP contribution in [0.4, 0.5) is 5.69 Å². The summed E-state index contributed by atoms with van der Waals surface area (Å²) in [5.74, 6) is 0.257. The number of sulfone groups is 1. The van der Waals surface area contributed by atoms with Crippen molar-refractivity contribution in [3.05, 3.63) is 65.7 Å². The lowest BCUT2D eigenvalue weighted by atomic mass is 10.1. The first-order chi connectivity index (χ1) is 12.2. The third-order valence-corrected chi connectivity index (χ3v) is 5.02. The largest absolute Gasteiger partial charge is 0.449 e. The van der Waals surface area contributed by atoms with E-state index in [-0.39, 0.29) is 10.8 Å². The van der Waals surface area contributed by atoms with Crippen LogP contribution in [0, 0.1) is 13.8 Å². The monoisotopic (exact) mass is 370 g/mol. The first-order valence-electron chi connectivity index (χ1n) is 7.88. The maximum atomic E-state index is 12.6. The van der Waals surface area contributed by atoms with E-state index in [2.05, 4.69) is 10.3 Å². The SMILES string of the molecule is Cc1nc(-c2cccc(NC(=O)c3ccc(S(C)(=O)=O)cc3C)c2)co1. The average Bonchev–Trinajstić information content (AvgIpc) is 3.00. The van der Waals surface area contributed by atoms with Gasteiger partial charge in [0.15, 0.2) is 15.7 Å². The summed E-state index contributed by atoms with van der Waals surface area (Å²) in [6, 6.07) is 11.7. The zero-order valence-corrected chi connectivity index (χ0v) is 15.4. The second kappa shape index (κ2) is 6.76. The zero-order chi connectivity index (χ0) is 18.9. The summed E-state index contributed by atoms with van der Waals surface area (Å²) in [6.07, 6.45) is 2.70. The average molecular weight is 370 g/mol. The summed E-state index contributed by atoms with van der Waals surface area (Å²) in [7, 11) is -3.31. The molecule has 7 heteroatoms. The molecule has 1 N–H and O–H groups in total. The lowest BCUT2D eigenvalue weighted by Crippen LogP contribution is -2.14. The topological polar surface area (TPSA) is 89.3 Å². The summed E-state index contributed by atoms with van der Waals surface area (Å²) in [5.41, 5.74) is 3.13. The number of benzene rings is 2. The summed E-state index contributed by atoms with van der Waals surface area (Å²) >= 11 is 0. The van der Waals surface area contributed by atoms with E-state index in [0.717, 1.165) is 11.8 Å². The highest BCUT2D eigenvalue weighted by Crippen LogP contribution is 2.23. The Balaban J connectivity index is 1.84. The Labute approximate surface area is 151 Å². The highest BCUT2D eigenvalue weighted by atomic mass is 32.2. The van der Waals surface area contributed by atoms with E-state index < -0.39 is 9.84 Å². The standard InChI is InChI=1S/C19H18N2O4S/c1-12-9-16(26(3,23)24)7-8-17(12)19(22)21-15-6-4-5-14(10-15)18-11-25-13(2)20-18/h4-11H,1-3H3,(H,21,22). The molecule has 0 bridgehead atoms. The van der Waals surface area contributed by atoms with E-state index in [0.29, 0.717) is 28.4 Å². The van der Waals surface area contributed by atoms with Crippen molar-refractivity contribution >= 4 is 21.4 Å². The van der Waals surface area contributed by atoms with Crippen molar-refractivity contribution in [2.24, 2.45) is 0 Å². The molecule has 0 spiro atoms. The van der Waals surface area contributed by atoms with E-state index in [1.54, 1.807) is 32.2 Å². The smallest absolute Gasteiger partial charge is 0.255 e. The zero-order valence-electron chi connectivity index (χ0n) is 14.6. The predicted octanol–water partition coefficient (Wildman–Crippen LogP) is 3.61. The molecule has 0 saturated heterocycles. The Hall–Kier alpha value is -2.93. The number of hydrogen-bond acceptors (Lipinski definition) is 5. The van der Waals surface area contributed by atoms with Crippen LogP contribution < -0.4 is 5.32 Å². The molecule has 26 heavy (non-hydrogen) atoms. The van der Waals surface area contributed by atoms with Crippen molar-refractivity contribution in [2.45, 2.75) is 18.7 Å². The Kier molecular flexibility index (Phi) is 4.65. The van der Waals surface area contributed by atoms with Crippen LogP contribution in [0.5, 0.6) is 0 Å². The van der Waals surface area contributed by atoms with Gasteiger partial charge in [0.2, 0.25) is 0 Å². The van der Waals surface area contributed by atoms with Gasteiger partial charge in [-0.15, -0.1) is 0 Å². The molecule has 0 saturated carbocycles. The highest BCUT2D eigenvalue weighted by Gasteiger charge is 2.14. The molecular formula is C19H18N2O4S. The van der Waals surface area contributed by atoms with E-state index in [1.807, 2.05) is 12.1 Å². The molecule has 1 heterocycles. The van der Waals surface area contributed by atoms with Gasteiger partial charge in [-0.3, -0.25) is 4.79 Å². The highest BCUT2D eigenvalue weighted by molar-refractivity contribution is 7.90. The minimum absolute atomic E-state index is 0.190. The quantitative estimate of drug-likeness (QED) is 0.758. The number of anilines is 1. The number of oxazole rings is 1. The van der Waals surface area contributed by atoms with Gasteiger partial charge in [0, 0.05) is 30.0 Å². The van der Waals surface area contributed by atoms with Gasteiger partial charge in [0.05, 0.1) is 4.90 Å². The second-order valence-electron chi connectivity index (χ2n) is 6.04. The Morgan fingerprint density at radius 3 is 2.50 bits per heavy atom. The van der Waals surface area contributed by atoms with Gasteiger partial charge in [-0.2, -0.15) is 0 Å². The third-order valence-electron chi connectivity index (χ3n) is 3.91. The third kappa shape index (κ3) is 3.83. The van der Waals surface area contributed by atoms with Crippen molar-refractivity contribution in [3.8, 4) is 11.3 Å². The number of aryl methyl sites for hydroxylation is 2. The fourth-order valence-corrected chi connectivity index (χ4v) is 3.28. The summed E-state index contributed by atoms with van der Waals surface area (Å²) in [5, 5.41) is 2.83. The maximum absolute atomic E-state index is 12.6. The summed E-state index contributed by atoms with van der Waals surface area (Å²) in [6.45, 7) is 3.47. The summed E-state index contributed by atoms with van der Waals surface area (Å²) in [4.78, 5) is 17.0. The molecule has 6 nitrogen and oxygen atoms in total. The molecule has 2 aromatic carbocycles. The van der Waals surface area contributed by atoms with E-state index in [9.17, 15) is 13.2 Å². The number of hydrogen-bond donors (Lipinski definition) is 1. The normalized spacial score (nSPS) is 11.3. The maximum Gasteiger partial charge on any atom is 0.255 e. The van der Waals surface area contributed by atoms with Crippen molar-refractivity contribution < 1.29 is 17.6 Å². The molecule has 3 rings (SSSR count). The summed E-state index contributed by atoms with van der Waals surface area (Å²) < 4.78 is 28.5. The molecule has 1 amide bonds. The Bertz CT molecular complexity index is 1080. The van der Waals surface area contributed by atoms with E-state index >= 15 is 0 Å². The van der Waals surface area contributed by atoms with E-state index in [4.69, 9.17) is 4.42 Å². The van der Waals surface area contributed by atoms with Crippen LogP contribution in [0.1, 0.15) is 21.8 Å². The van der Waals surface area contributed by atoms with Gasteiger partial charge >= 0.3 is 0 Å². The minimum Gasteiger partial charge on any atom is -0.449 e. The van der Waals surface area contributed by atoms with Crippen molar-refractivity contribution in [2.75, 3.05) is 11.6 Å². The molecule has 0 aliphatic rings. The van der Waals surface area contributed by atoms with Crippen LogP contribution >= 0.6 is 0 Å². The Morgan fingerprint density at radius 2 is 1.88 bits per heavy atom. The number of amides is 1. The van der Waals surface area contributed by atoms with E-state index in [1.165, 1.54) is 18.2 Å². The number of nitrogens with one attached hydrogen (secondary N) is 1. The van der Waals surface area contributed by atoms with Crippen LogP contribution in [-0.4, -0.2) is 25.6 Å². The predicted molar refractivity (Wildman–Crippen MR) is 98.9 cm³/mol. The van der Waals surface area contributed by atoms with Gasteiger partial charge in [0.1, 0.15) is 12.0 Å². The lowest BCUT2D eigenvalue weighted by molar-refractivity contribution is 0.102. The molecule has 0 atom stereocenters. The fraction of sp³-hybridized carbons (Fsp3) is 0.158. The van der Waals surface area contributed by atoms with Crippen molar-refractivity contribution in [3.63, 3.8) is 0 Å². The molecule has 3 aromatic rings. The van der Waals surface area contributed by atoms with Crippen LogP contribution in [0.25, 0.3) is 11.3 Å². The first kappa shape index (κ1) is 17.9. The van der Waals surface area contributed by atoms with Crippen LogP contribution in [-0.2, 0) is 9.84 Å². The molecule has 0 fully saturated rings. The molecular weight excluding hydrogens is 352 g/mol. The number of aromatic nitrogens is 1. The van der Waals surface area contributed by atoms with Crippen molar-refractivity contribution in [1.82, 2.24) is 4.98 Å². The molecule has 0 unspecified atom stereocenters. The number of rotatable bonds is 4. The van der Waals surface area contributed by atoms with Gasteiger partial charge in [-0.25, -0.2) is 13.4 Å². The van der Waals surface area contributed by atoms with Crippen molar-refractivity contribution in [1.29, 1.82) is 0 Å². The van der Waals surface area contributed by atoms with Gasteiger partial charge in [-0.05, 0) is 42.8 Å². The van der Waals surface area contributed by atoms with Gasteiger partial charge < -0.3 is 9.73 Å². The first-order valence-corrected chi connectivity index (χ1v) is 9.78. The van der Waals surface area contributed by atoms with Crippen LogP contribution in [0.3, 0.4) is 0 Å². The molecule has 134 valence electrons. The number of nitrogens with zero attached hydrogens (tertiary/aromatic N) is 1.